The lowest BCUT2D eigenvalue weighted by Gasteiger charge is -2.35. The highest BCUT2D eigenvalue weighted by Crippen LogP contribution is 2.43. The van der Waals surface area contributed by atoms with Crippen LogP contribution in [0.2, 0.25) is 0 Å². The van der Waals surface area contributed by atoms with Crippen LogP contribution in [0.15, 0.2) is 66.7 Å². The fraction of sp³-hybridized carbons (Fsp3) is 0.125. The van der Waals surface area contributed by atoms with Gasteiger partial charge >= 0.3 is 6.09 Å². The number of nitrogens with zero attached hydrogens (tertiary/aromatic N) is 3. The lowest BCUT2D eigenvalue weighted by molar-refractivity contribution is -0.0542. The number of anilines is 1. The van der Waals surface area contributed by atoms with Gasteiger partial charge in [-0.15, -0.1) is 0 Å². The maximum Gasteiger partial charge on any atom is 0.413 e. The average Bonchev–Trinajstić information content (AvgIpc) is 3.33. The zero-order chi connectivity index (χ0) is 23.3. The first-order valence-electron chi connectivity index (χ1n) is 10.1. The molecule has 5 rings (SSSR count). The first kappa shape index (κ1) is 20.7. The molecule has 3 N–H and O–H groups in total. The third-order valence-corrected chi connectivity index (χ3v) is 5.90. The number of carboxylic acid groups (broad SMARTS) is 1. The van der Waals surface area contributed by atoms with Crippen LogP contribution >= 0.6 is 0 Å². The number of hydrogen-bond donors (Lipinski definition) is 3. The Hall–Kier alpha value is -4.24. The second-order valence-electron chi connectivity index (χ2n) is 7.87. The monoisotopic (exact) mass is 446 g/mol. The van der Waals surface area contributed by atoms with Crippen molar-refractivity contribution in [3.05, 3.63) is 94.8 Å². The van der Waals surface area contributed by atoms with E-state index in [4.69, 9.17) is 0 Å². The lowest BCUT2D eigenvalue weighted by Crippen LogP contribution is -2.44. The SMILES string of the molecule is CN(C(=O)O)c1nc2ccc(C3(O)c4ccccc4C(=O)N3Cc3ccc(F)cc3)cc2[nH]1. The Bertz CT molecular complexity index is 1400. The van der Waals surface area contributed by atoms with Gasteiger partial charge in [0.05, 0.1) is 11.0 Å². The highest BCUT2D eigenvalue weighted by atomic mass is 19.1. The molecule has 4 aromatic rings. The minimum atomic E-state index is -1.79. The number of amides is 2. The third kappa shape index (κ3) is 3.21. The van der Waals surface area contributed by atoms with Crippen molar-refractivity contribution in [2.75, 3.05) is 11.9 Å². The van der Waals surface area contributed by atoms with E-state index in [-0.39, 0.29) is 18.4 Å². The number of imidazole rings is 1. The van der Waals surface area contributed by atoms with Crippen molar-refractivity contribution < 1.29 is 24.2 Å². The number of hydrogen-bond acceptors (Lipinski definition) is 4. The summed E-state index contributed by atoms with van der Waals surface area (Å²) >= 11 is 0. The fourth-order valence-corrected chi connectivity index (χ4v) is 4.14. The van der Waals surface area contributed by atoms with Gasteiger partial charge in [0.15, 0.2) is 5.72 Å². The minimum Gasteiger partial charge on any atom is -0.465 e. The van der Waals surface area contributed by atoms with Crippen LogP contribution in [0, 0.1) is 5.82 Å². The average molecular weight is 446 g/mol. The van der Waals surface area contributed by atoms with Gasteiger partial charge in [-0.05, 0) is 35.9 Å². The summed E-state index contributed by atoms with van der Waals surface area (Å²) in [6, 6.07) is 17.5. The summed E-state index contributed by atoms with van der Waals surface area (Å²) in [5, 5.41) is 21.2. The predicted octanol–water partition coefficient (Wildman–Crippen LogP) is 3.67. The number of H-pyrrole nitrogens is 1. The number of nitrogens with one attached hydrogen (secondary N) is 1. The molecule has 166 valence electrons. The molecule has 1 aliphatic heterocycles. The van der Waals surface area contributed by atoms with Crippen LogP contribution < -0.4 is 4.90 Å². The van der Waals surface area contributed by atoms with Gasteiger partial charge in [0.25, 0.3) is 5.91 Å². The topological polar surface area (TPSA) is 110 Å². The highest BCUT2D eigenvalue weighted by Gasteiger charge is 2.49. The molecule has 0 saturated heterocycles. The standard InChI is InChI=1S/C24H19FN4O4/c1-28(23(31)32)22-26-19-11-8-15(12-20(19)27-22)24(33)18-5-3-2-4-17(18)21(30)29(24)13-14-6-9-16(25)10-7-14/h2-12,33H,13H2,1H3,(H,26,27)(H,31,32). The molecule has 1 atom stereocenters. The molecule has 8 nitrogen and oxygen atoms in total. The van der Waals surface area contributed by atoms with Gasteiger partial charge in [-0.3, -0.25) is 14.6 Å². The van der Waals surface area contributed by atoms with E-state index in [1.54, 1.807) is 54.6 Å². The van der Waals surface area contributed by atoms with Crippen molar-refractivity contribution in [1.29, 1.82) is 0 Å². The molecule has 0 fully saturated rings. The normalized spacial score (nSPS) is 17.4. The van der Waals surface area contributed by atoms with Gasteiger partial charge in [0.1, 0.15) is 5.82 Å². The zero-order valence-electron chi connectivity index (χ0n) is 17.5. The van der Waals surface area contributed by atoms with E-state index in [0.717, 1.165) is 4.90 Å². The van der Waals surface area contributed by atoms with E-state index in [2.05, 4.69) is 9.97 Å². The van der Waals surface area contributed by atoms with E-state index in [1.165, 1.54) is 24.1 Å². The molecule has 2 heterocycles. The quantitative estimate of drug-likeness (QED) is 0.443. The van der Waals surface area contributed by atoms with E-state index in [0.29, 0.717) is 33.3 Å². The van der Waals surface area contributed by atoms with Crippen LogP contribution in [0.1, 0.15) is 27.0 Å². The van der Waals surface area contributed by atoms with Gasteiger partial charge in [-0.1, -0.05) is 36.4 Å². The largest absolute Gasteiger partial charge is 0.465 e. The molecule has 0 spiro atoms. The van der Waals surface area contributed by atoms with Crippen LogP contribution in [-0.2, 0) is 12.3 Å². The number of carbonyl (C=O) groups excluding carboxylic acids is 1. The molecule has 0 bridgehead atoms. The fourth-order valence-electron chi connectivity index (χ4n) is 4.14. The van der Waals surface area contributed by atoms with Gasteiger partial charge in [0, 0.05) is 30.3 Å². The number of aromatic amines is 1. The summed E-state index contributed by atoms with van der Waals surface area (Å²) < 4.78 is 13.4. The number of aliphatic hydroxyl groups is 1. The summed E-state index contributed by atoms with van der Waals surface area (Å²) in [6.45, 7) is 0.0539. The number of aromatic nitrogens is 2. The van der Waals surface area contributed by atoms with Crippen LogP contribution in [-0.4, -0.2) is 44.1 Å². The summed E-state index contributed by atoms with van der Waals surface area (Å²) in [5.41, 5.74) is 1.08. The van der Waals surface area contributed by atoms with E-state index in [1.807, 2.05) is 0 Å². The Balaban J connectivity index is 1.63. The number of halogens is 1. The molecular weight excluding hydrogens is 427 g/mol. The summed E-state index contributed by atoms with van der Waals surface area (Å²) in [4.78, 5) is 34.1. The van der Waals surface area contributed by atoms with Crippen molar-refractivity contribution >= 4 is 29.0 Å². The van der Waals surface area contributed by atoms with Crippen LogP contribution in [0.3, 0.4) is 0 Å². The molecule has 33 heavy (non-hydrogen) atoms. The van der Waals surface area contributed by atoms with Crippen molar-refractivity contribution in [2.24, 2.45) is 0 Å². The Morgan fingerprint density at radius 1 is 1.15 bits per heavy atom. The van der Waals surface area contributed by atoms with Crippen LogP contribution in [0.4, 0.5) is 15.1 Å². The second kappa shape index (κ2) is 7.42. The summed E-state index contributed by atoms with van der Waals surface area (Å²) in [7, 11) is 1.37. The molecule has 9 heteroatoms. The van der Waals surface area contributed by atoms with E-state index in [9.17, 15) is 24.2 Å². The van der Waals surface area contributed by atoms with Crippen molar-refractivity contribution in [3.63, 3.8) is 0 Å². The number of rotatable bonds is 4. The molecule has 0 aliphatic carbocycles. The Morgan fingerprint density at radius 2 is 1.88 bits per heavy atom. The maximum atomic E-state index is 13.4. The number of fused-ring (bicyclic) bond motifs is 2. The summed E-state index contributed by atoms with van der Waals surface area (Å²) in [5.74, 6) is -0.613. The first-order chi connectivity index (χ1) is 15.8. The van der Waals surface area contributed by atoms with Crippen molar-refractivity contribution in [1.82, 2.24) is 14.9 Å². The smallest absolute Gasteiger partial charge is 0.413 e. The van der Waals surface area contributed by atoms with Crippen LogP contribution in [0.5, 0.6) is 0 Å². The lowest BCUT2D eigenvalue weighted by atomic mass is 9.93. The molecule has 1 aliphatic rings. The molecular formula is C24H19FN4O4. The Morgan fingerprint density at radius 3 is 2.61 bits per heavy atom. The first-order valence-corrected chi connectivity index (χ1v) is 10.1. The van der Waals surface area contributed by atoms with E-state index >= 15 is 0 Å². The molecule has 1 unspecified atom stereocenters. The van der Waals surface area contributed by atoms with Gasteiger partial charge < -0.3 is 15.2 Å². The summed E-state index contributed by atoms with van der Waals surface area (Å²) in [6.07, 6.45) is -1.17. The predicted molar refractivity (Wildman–Crippen MR) is 118 cm³/mol. The van der Waals surface area contributed by atoms with Crippen molar-refractivity contribution in [2.45, 2.75) is 12.3 Å². The molecule has 0 radical (unpaired) electrons. The van der Waals surface area contributed by atoms with E-state index < -0.39 is 17.6 Å². The number of benzene rings is 3. The molecule has 1 aromatic heterocycles. The van der Waals surface area contributed by atoms with Crippen molar-refractivity contribution in [3.8, 4) is 0 Å². The Labute approximate surface area is 187 Å². The third-order valence-electron chi connectivity index (χ3n) is 5.90. The minimum absolute atomic E-state index is 0.0539. The Kier molecular flexibility index (Phi) is 4.64. The number of carbonyl (C=O) groups is 2. The molecule has 3 aromatic carbocycles. The van der Waals surface area contributed by atoms with Gasteiger partial charge in [-0.2, -0.15) is 0 Å². The maximum absolute atomic E-state index is 13.4. The van der Waals surface area contributed by atoms with Crippen LogP contribution in [0.25, 0.3) is 11.0 Å². The second-order valence-corrected chi connectivity index (χ2v) is 7.87. The highest BCUT2D eigenvalue weighted by molar-refractivity contribution is 6.00. The molecule has 2 amide bonds. The zero-order valence-corrected chi connectivity index (χ0v) is 17.5. The van der Waals surface area contributed by atoms with Gasteiger partial charge in [-0.25, -0.2) is 14.2 Å². The van der Waals surface area contributed by atoms with Gasteiger partial charge in [0.2, 0.25) is 5.95 Å². The molecule has 0 saturated carbocycles.